The second kappa shape index (κ2) is 6.67. The predicted molar refractivity (Wildman–Crippen MR) is 113 cm³/mol. The van der Waals surface area contributed by atoms with Gasteiger partial charge in [-0.05, 0) is 40.5 Å². The molecule has 0 amide bonds. The molecule has 0 saturated carbocycles. The van der Waals surface area contributed by atoms with E-state index in [4.69, 9.17) is 0 Å². The van der Waals surface area contributed by atoms with E-state index in [1.54, 1.807) is 10.9 Å². The summed E-state index contributed by atoms with van der Waals surface area (Å²) in [5, 5.41) is 3.72. The summed E-state index contributed by atoms with van der Waals surface area (Å²) in [6.07, 6.45) is 1.73. The number of nitrogens with zero attached hydrogens (tertiary/aromatic N) is 2. The number of fused-ring (bicyclic) bond motifs is 1. The monoisotopic (exact) mass is 363 g/mol. The molecule has 5 rings (SSSR count). The van der Waals surface area contributed by atoms with Gasteiger partial charge in [0.15, 0.2) is 5.65 Å². The normalized spacial score (nSPS) is 11.0. The van der Waals surface area contributed by atoms with Crippen LogP contribution in [-0.4, -0.2) is 14.8 Å². The highest BCUT2D eigenvalue weighted by Crippen LogP contribution is 2.28. The van der Waals surface area contributed by atoms with E-state index in [2.05, 4.69) is 46.5 Å². The molecule has 0 aliphatic carbocycles. The van der Waals surface area contributed by atoms with Crippen molar-refractivity contribution < 1.29 is 0 Å². The molecular weight excluding hydrogens is 346 g/mol. The molecule has 2 aromatic heterocycles. The summed E-state index contributed by atoms with van der Waals surface area (Å²) in [7, 11) is 0. The molecule has 28 heavy (non-hydrogen) atoms. The Kier molecular flexibility index (Phi) is 3.87. The fraction of sp³-hybridized carbons (Fsp3) is 0. The van der Waals surface area contributed by atoms with Gasteiger partial charge in [-0.3, -0.25) is 9.89 Å². The fourth-order valence-corrected chi connectivity index (χ4v) is 3.50. The zero-order valence-corrected chi connectivity index (χ0v) is 15.0. The lowest BCUT2D eigenvalue weighted by Gasteiger charge is -2.05. The minimum Gasteiger partial charge on any atom is -0.274 e. The van der Waals surface area contributed by atoms with Gasteiger partial charge in [-0.1, -0.05) is 72.8 Å². The van der Waals surface area contributed by atoms with Crippen molar-refractivity contribution in [3.63, 3.8) is 0 Å². The third kappa shape index (κ3) is 2.72. The van der Waals surface area contributed by atoms with Gasteiger partial charge in [-0.2, -0.15) is 0 Å². The number of para-hydroxylation sites is 1. The smallest absolute Gasteiger partial charge is 0.274 e. The van der Waals surface area contributed by atoms with Gasteiger partial charge >= 0.3 is 0 Å². The molecule has 0 saturated heterocycles. The Hall–Kier alpha value is -3.92. The van der Waals surface area contributed by atoms with Crippen LogP contribution in [0, 0.1) is 0 Å². The van der Waals surface area contributed by atoms with Crippen LogP contribution in [0.25, 0.3) is 39.0 Å². The highest BCUT2D eigenvalue weighted by molar-refractivity contribution is 5.92. The zero-order valence-electron chi connectivity index (χ0n) is 15.0. The van der Waals surface area contributed by atoms with Gasteiger partial charge in [0.05, 0.1) is 11.1 Å². The molecule has 2 heterocycles. The number of rotatable bonds is 3. The van der Waals surface area contributed by atoms with Crippen molar-refractivity contribution in [3.05, 3.63) is 108 Å². The molecule has 1 N–H and O–H groups in total. The lowest BCUT2D eigenvalue weighted by molar-refractivity contribution is 0.858. The van der Waals surface area contributed by atoms with Gasteiger partial charge in [-0.15, -0.1) is 0 Å². The highest BCUT2D eigenvalue weighted by Gasteiger charge is 2.14. The quantitative estimate of drug-likeness (QED) is 0.488. The van der Waals surface area contributed by atoms with Crippen molar-refractivity contribution in [2.75, 3.05) is 0 Å². The standard InChI is InChI=1S/C24H17N3O/c28-24-22-21(19-13-11-18(12-14-19)17-7-3-1-4-8-17)15-16-25-23(22)26-27(24)20-9-5-2-6-10-20/h1-16H,(H,25,26). The number of hydrogen-bond acceptors (Lipinski definition) is 2. The van der Waals surface area contributed by atoms with Crippen LogP contribution in [0.4, 0.5) is 0 Å². The maximum atomic E-state index is 13.1. The minimum absolute atomic E-state index is 0.101. The molecule has 0 bridgehead atoms. The van der Waals surface area contributed by atoms with E-state index in [-0.39, 0.29) is 5.56 Å². The maximum absolute atomic E-state index is 13.1. The molecule has 4 nitrogen and oxygen atoms in total. The molecule has 0 spiro atoms. The minimum atomic E-state index is -0.101. The molecule has 3 aromatic carbocycles. The van der Waals surface area contributed by atoms with E-state index in [0.717, 1.165) is 22.4 Å². The van der Waals surface area contributed by atoms with Gasteiger partial charge in [0.1, 0.15) is 0 Å². The maximum Gasteiger partial charge on any atom is 0.281 e. The van der Waals surface area contributed by atoms with Crippen molar-refractivity contribution in [1.82, 2.24) is 14.8 Å². The van der Waals surface area contributed by atoms with Crippen LogP contribution in [0.15, 0.2) is 102 Å². The highest BCUT2D eigenvalue weighted by atomic mass is 16.1. The summed E-state index contributed by atoms with van der Waals surface area (Å²) in [6, 6.07) is 29.9. The Balaban J connectivity index is 1.64. The largest absolute Gasteiger partial charge is 0.281 e. The van der Waals surface area contributed by atoms with E-state index < -0.39 is 0 Å². The molecule has 0 aliphatic heterocycles. The third-order valence-electron chi connectivity index (χ3n) is 4.90. The van der Waals surface area contributed by atoms with Crippen molar-refractivity contribution in [3.8, 4) is 27.9 Å². The molecule has 0 atom stereocenters. The van der Waals surface area contributed by atoms with E-state index in [1.165, 1.54) is 5.56 Å². The number of hydrogen-bond donors (Lipinski definition) is 1. The first-order chi connectivity index (χ1) is 13.8. The number of nitrogens with one attached hydrogen (secondary N) is 1. The Labute approximate surface area is 161 Å². The molecule has 0 fully saturated rings. The molecule has 5 aromatic rings. The summed E-state index contributed by atoms with van der Waals surface area (Å²) in [5.74, 6) is 0. The summed E-state index contributed by atoms with van der Waals surface area (Å²) >= 11 is 0. The van der Waals surface area contributed by atoms with E-state index in [1.807, 2.05) is 54.6 Å². The number of benzene rings is 3. The molecular formula is C24H17N3O. The SMILES string of the molecule is O=c1c2c(-c3ccc(-c4ccccc4)cc3)ccnc2[nH]n1-c1ccccc1. The lowest BCUT2D eigenvalue weighted by atomic mass is 9.99. The zero-order chi connectivity index (χ0) is 18.9. The van der Waals surface area contributed by atoms with E-state index in [9.17, 15) is 4.79 Å². The Morgan fingerprint density at radius 1 is 0.679 bits per heavy atom. The second-order valence-corrected chi connectivity index (χ2v) is 6.61. The number of pyridine rings is 1. The average Bonchev–Trinajstić information content (AvgIpc) is 3.12. The van der Waals surface area contributed by atoms with E-state index >= 15 is 0 Å². The molecule has 0 unspecified atom stereocenters. The summed E-state index contributed by atoms with van der Waals surface area (Å²) < 4.78 is 1.54. The second-order valence-electron chi connectivity index (χ2n) is 6.61. The fourth-order valence-electron chi connectivity index (χ4n) is 3.50. The average molecular weight is 363 g/mol. The number of aromatic nitrogens is 3. The van der Waals surface area contributed by atoms with Crippen molar-refractivity contribution in [1.29, 1.82) is 0 Å². The predicted octanol–water partition coefficient (Wildman–Crippen LogP) is 5.05. The Morgan fingerprint density at radius 2 is 1.29 bits per heavy atom. The van der Waals surface area contributed by atoms with Gasteiger partial charge in [0.2, 0.25) is 0 Å². The summed E-state index contributed by atoms with van der Waals surface area (Å²) in [4.78, 5) is 17.5. The van der Waals surface area contributed by atoms with Crippen molar-refractivity contribution in [2.24, 2.45) is 0 Å². The van der Waals surface area contributed by atoms with Crippen LogP contribution in [0.3, 0.4) is 0 Å². The van der Waals surface area contributed by atoms with Crippen molar-refractivity contribution >= 4 is 11.0 Å². The van der Waals surface area contributed by atoms with Gasteiger partial charge in [-0.25, -0.2) is 9.67 Å². The summed E-state index contributed by atoms with van der Waals surface area (Å²) in [5.41, 5.74) is 5.45. The Bertz CT molecular complexity index is 1300. The van der Waals surface area contributed by atoms with Crippen LogP contribution in [0.5, 0.6) is 0 Å². The van der Waals surface area contributed by atoms with E-state index in [0.29, 0.717) is 11.0 Å². The van der Waals surface area contributed by atoms with Gasteiger partial charge < -0.3 is 0 Å². The lowest BCUT2D eigenvalue weighted by Crippen LogP contribution is -2.14. The van der Waals surface area contributed by atoms with Crippen molar-refractivity contribution in [2.45, 2.75) is 0 Å². The van der Waals surface area contributed by atoms with Crippen LogP contribution in [0.2, 0.25) is 0 Å². The summed E-state index contributed by atoms with van der Waals surface area (Å²) in [6.45, 7) is 0. The molecule has 0 aliphatic rings. The first-order valence-corrected chi connectivity index (χ1v) is 9.12. The van der Waals surface area contributed by atoms with Gasteiger partial charge in [0.25, 0.3) is 5.56 Å². The van der Waals surface area contributed by atoms with Crippen LogP contribution in [0.1, 0.15) is 0 Å². The van der Waals surface area contributed by atoms with Gasteiger partial charge in [0, 0.05) is 6.20 Å². The molecule has 134 valence electrons. The Morgan fingerprint density at radius 3 is 2.00 bits per heavy atom. The topological polar surface area (TPSA) is 50.7 Å². The van der Waals surface area contributed by atoms with Crippen LogP contribution < -0.4 is 5.56 Å². The molecule has 0 radical (unpaired) electrons. The van der Waals surface area contributed by atoms with Crippen LogP contribution >= 0.6 is 0 Å². The molecule has 4 heteroatoms. The first-order valence-electron chi connectivity index (χ1n) is 9.12. The van der Waals surface area contributed by atoms with Crippen LogP contribution in [-0.2, 0) is 0 Å². The number of aromatic amines is 1. The number of H-pyrrole nitrogens is 1. The first kappa shape index (κ1) is 16.3. The third-order valence-corrected chi connectivity index (χ3v) is 4.90.